The van der Waals surface area contributed by atoms with Gasteiger partial charge in [0.2, 0.25) is 15.9 Å². The van der Waals surface area contributed by atoms with Gasteiger partial charge in [-0.25, -0.2) is 12.8 Å². The summed E-state index contributed by atoms with van der Waals surface area (Å²) >= 11 is 7.16. The topological polar surface area (TPSA) is 99.7 Å². The highest BCUT2D eigenvalue weighted by Crippen LogP contribution is 2.29. The Labute approximate surface area is 223 Å². The average molecular weight is 563 g/mol. The minimum Gasteiger partial charge on any atom is -0.336 e. The molecular formula is C25H24ClFN4O4S2. The van der Waals surface area contributed by atoms with Gasteiger partial charge in [0.25, 0.3) is 5.91 Å². The number of halogens is 2. The van der Waals surface area contributed by atoms with E-state index in [1.54, 1.807) is 44.4 Å². The number of anilines is 1. The Bertz CT molecular complexity index is 1460. The largest absolute Gasteiger partial charge is 0.336 e. The van der Waals surface area contributed by atoms with E-state index in [4.69, 9.17) is 11.6 Å². The van der Waals surface area contributed by atoms with Crippen LogP contribution in [0.2, 0.25) is 4.34 Å². The first-order valence-electron chi connectivity index (χ1n) is 11.3. The number of carbonyl (C=O) groups is 2. The van der Waals surface area contributed by atoms with Crippen molar-refractivity contribution in [1.29, 1.82) is 0 Å². The predicted molar refractivity (Wildman–Crippen MR) is 142 cm³/mol. The zero-order valence-electron chi connectivity index (χ0n) is 20.0. The summed E-state index contributed by atoms with van der Waals surface area (Å²) in [5.41, 5.74) is 1.27. The molecule has 8 nitrogen and oxygen atoms in total. The highest BCUT2D eigenvalue weighted by Gasteiger charge is 2.36. The van der Waals surface area contributed by atoms with Gasteiger partial charge in [-0.3, -0.25) is 14.6 Å². The van der Waals surface area contributed by atoms with E-state index < -0.39 is 33.7 Å². The average Bonchev–Trinajstić information content (AvgIpc) is 3.44. The van der Waals surface area contributed by atoms with E-state index in [-0.39, 0.29) is 30.8 Å². The summed E-state index contributed by atoms with van der Waals surface area (Å²) < 4.78 is 43.2. The van der Waals surface area contributed by atoms with Gasteiger partial charge in [-0.15, -0.1) is 11.3 Å². The maximum absolute atomic E-state index is 15.0. The van der Waals surface area contributed by atoms with Crippen LogP contribution in [0.3, 0.4) is 0 Å². The van der Waals surface area contributed by atoms with Crippen molar-refractivity contribution in [3.8, 4) is 0 Å². The van der Waals surface area contributed by atoms with Crippen LogP contribution in [0.15, 0.2) is 60.1 Å². The third kappa shape index (κ3) is 6.42. The molecule has 1 aliphatic heterocycles. The van der Waals surface area contributed by atoms with Crippen LogP contribution in [0, 0.1) is 5.82 Å². The molecule has 3 aromatic rings. The van der Waals surface area contributed by atoms with Crippen molar-refractivity contribution in [2.45, 2.75) is 25.9 Å². The first-order chi connectivity index (χ1) is 17.5. The van der Waals surface area contributed by atoms with Crippen LogP contribution in [-0.4, -0.2) is 49.8 Å². The second-order valence-electron chi connectivity index (χ2n) is 8.55. The molecule has 194 valence electrons. The van der Waals surface area contributed by atoms with Crippen LogP contribution in [0.4, 0.5) is 10.1 Å². The van der Waals surface area contributed by atoms with Gasteiger partial charge < -0.3 is 9.80 Å². The van der Waals surface area contributed by atoms with Crippen molar-refractivity contribution in [3.63, 3.8) is 0 Å². The third-order valence-corrected chi connectivity index (χ3v) is 8.41. The molecule has 0 spiro atoms. The minimum atomic E-state index is -3.95. The van der Waals surface area contributed by atoms with Crippen LogP contribution in [0.25, 0.3) is 5.57 Å². The summed E-state index contributed by atoms with van der Waals surface area (Å²) in [7, 11) is -2.36. The normalized spacial score (nSPS) is 16.3. The van der Waals surface area contributed by atoms with Crippen molar-refractivity contribution < 1.29 is 22.4 Å². The Kier molecular flexibility index (Phi) is 8.08. The molecule has 1 saturated heterocycles. The van der Waals surface area contributed by atoms with Gasteiger partial charge in [0.1, 0.15) is 11.9 Å². The van der Waals surface area contributed by atoms with Crippen LogP contribution < -0.4 is 9.62 Å². The van der Waals surface area contributed by atoms with E-state index in [9.17, 15) is 18.0 Å². The lowest BCUT2D eigenvalue weighted by atomic mass is 10.1. The second-order valence-corrected chi connectivity index (χ2v) is 11.8. The highest BCUT2D eigenvalue weighted by molar-refractivity contribution is 7.92. The number of sulfonamides is 1. The summed E-state index contributed by atoms with van der Waals surface area (Å²) in [6.45, 7) is 2.01. The molecule has 1 aliphatic rings. The predicted octanol–water partition coefficient (Wildman–Crippen LogP) is 4.29. The quantitative estimate of drug-likeness (QED) is 0.441. The molecule has 0 saturated carbocycles. The van der Waals surface area contributed by atoms with E-state index in [1.807, 2.05) is 6.07 Å². The molecule has 1 N–H and O–H groups in total. The molecule has 3 heterocycles. The van der Waals surface area contributed by atoms with Crippen molar-refractivity contribution in [3.05, 3.63) is 86.4 Å². The van der Waals surface area contributed by atoms with Gasteiger partial charge >= 0.3 is 0 Å². The van der Waals surface area contributed by atoms with E-state index in [1.165, 1.54) is 33.3 Å². The number of benzene rings is 1. The Morgan fingerprint density at radius 3 is 2.73 bits per heavy atom. The maximum atomic E-state index is 15.0. The first kappa shape index (κ1) is 26.9. The van der Waals surface area contributed by atoms with Crippen molar-refractivity contribution >= 4 is 56.0 Å². The Balaban J connectivity index is 1.43. The van der Waals surface area contributed by atoms with Crippen molar-refractivity contribution in [1.82, 2.24) is 14.6 Å². The standard InChI is InChI=1S/C25H24ClFN4O4S2/c1-16(22-8-9-23(26)36-22)15-37(34,35)29-20-10-12-31(25(20)33)21-7-6-17(13-19(21)27)24(32)30(2)14-18-5-3-4-11-28-18/h3-9,11,13,15,20,29H,10,12,14H2,1-2H3/b16-15-. The summed E-state index contributed by atoms with van der Waals surface area (Å²) in [6.07, 6.45) is 1.79. The lowest BCUT2D eigenvalue weighted by molar-refractivity contribution is -0.118. The molecule has 0 bridgehead atoms. The Hall–Kier alpha value is -3.12. The SMILES string of the molecule is C/C(=C/S(=O)(=O)NC1CCN(c2ccc(C(=O)N(C)Cc3ccccn3)cc2F)C1=O)c1ccc(Cl)s1. The summed E-state index contributed by atoms with van der Waals surface area (Å²) in [5, 5.41) is 1.05. The molecule has 1 atom stereocenters. The fraction of sp³-hybridized carbons (Fsp3) is 0.240. The van der Waals surface area contributed by atoms with E-state index in [0.717, 1.165) is 11.5 Å². The monoisotopic (exact) mass is 562 g/mol. The number of nitrogens with one attached hydrogen (secondary N) is 1. The van der Waals surface area contributed by atoms with Gasteiger partial charge in [-0.1, -0.05) is 17.7 Å². The van der Waals surface area contributed by atoms with Crippen molar-refractivity contribution in [2.75, 3.05) is 18.5 Å². The van der Waals surface area contributed by atoms with Gasteiger partial charge in [0, 0.05) is 30.2 Å². The number of hydrogen-bond donors (Lipinski definition) is 1. The number of carbonyl (C=O) groups excluding carboxylic acids is 2. The molecule has 12 heteroatoms. The van der Waals surface area contributed by atoms with E-state index in [2.05, 4.69) is 9.71 Å². The van der Waals surface area contributed by atoms with E-state index >= 15 is 4.39 Å². The fourth-order valence-corrected chi connectivity index (χ4v) is 6.33. The summed E-state index contributed by atoms with van der Waals surface area (Å²) in [4.78, 5) is 33.2. The molecule has 0 radical (unpaired) electrons. The zero-order chi connectivity index (χ0) is 26.7. The van der Waals surface area contributed by atoms with Crippen LogP contribution in [-0.2, 0) is 21.4 Å². The maximum Gasteiger partial charge on any atom is 0.254 e. The molecule has 0 aliphatic carbocycles. The number of aromatic nitrogens is 1. The minimum absolute atomic E-state index is 0.0180. The molecule has 4 rings (SSSR count). The number of amides is 2. The number of thiophene rings is 1. The fourth-order valence-electron chi connectivity index (χ4n) is 3.96. The molecule has 1 unspecified atom stereocenters. The van der Waals surface area contributed by atoms with Gasteiger partial charge in [-0.05, 0) is 61.4 Å². The smallest absolute Gasteiger partial charge is 0.254 e. The highest BCUT2D eigenvalue weighted by atomic mass is 35.5. The molecule has 2 amide bonds. The van der Waals surface area contributed by atoms with Crippen LogP contribution in [0.5, 0.6) is 0 Å². The lowest BCUT2D eigenvalue weighted by Gasteiger charge is -2.20. The van der Waals surface area contributed by atoms with Crippen LogP contribution >= 0.6 is 22.9 Å². The number of hydrogen-bond acceptors (Lipinski definition) is 6. The molecule has 37 heavy (non-hydrogen) atoms. The van der Waals surface area contributed by atoms with Gasteiger partial charge in [0.15, 0.2) is 0 Å². The van der Waals surface area contributed by atoms with Gasteiger partial charge in [-0.2, -0.15) is 4.72 Å². The second kappa shape index (κ2) is 11.1. The third-order valence-electron chi connectivity index (χ3n) is 5.76. The van der Waals surface area contributed by atoms with Crippen LogP contribution in [0.1, 0.15) is 34.3 Å². The number of rotatable bonds is 8. The van der Waals surface area contributed by atoms with E-state index in [0.29, 0.717) is 20.5 Å². The zero-order valence-corrected chi connectivity index (χ0v) is 22.4. The number of nitrogens with zero attached hydrogens (tertiary/aromatic N) is 3. The summed E-state index contributed by atoms with van der Waals surface area (Å²) in [5.74, 6) is -1.72. The molecule has 1 fully saturated rings. The molecule has 2 aromatic heterocycles. The molecular weight excluding hydrogens is 539 g/mol. The van der Waals surface area contributed by atoms with Crippen molar-refractivity contribution in [2.24, 2.45) is 0 Å². The summed E-state index contributed by atoms with van der Waals surface area (Å²) in [6, 6.07) is 11.6. The number of pyridine rings is 1. The number of allylic oxidation sites excluding steroid dienone is 1. The lowest BCUT2D eigenvalue weighted by Crippen LogP contribution is -2.41. The van der Waals surface area contributed by atoms with Gasteiger partial charge in [0.05, 0.1) is 27.7 Å². The molecule has 1 aromatic carbocycles. The Morgan fingerprint density at radius 1 is 1.30 bits per heavy atom. The Morgan fingerprint density at radius 2 is 2.08 bits per heavy atom. The first-order valence-corrected chi connectivity index (χ1v) is 14.0.